The molecule has 3 rings (SSSR count). The van der Waals surface area contributed by atoms with Gasteiger partial charge in [-0.15, -0.1) is 0 Å². The van der Waals surface area contributed by atoms with Crippen LogP contribution in [-0.2, 0) is 11.3 Å². The zero-order chi connectivity index (χ0) is 22.4. The lowest BCUT2D eigenvalue weighted by molar-refractivity contribution is -0.114. The summed E-state index contributed by atoms with van der Waals surface area (Å²) in [5.74, 6) is 0.414. The van der Waals surface area contributed by atoms with Gasteiger partial charge < -0.3 is 14.8 Å². The number of nitrogens with one attached hydrogen (secondary N) is 1. The van der Waals surface area contributed by atoms with E-state index in [-0.39, 0.29) is 23.3 Å². The minimum Gasteiger partial charge on any atom is -0.493 e. The number of methoxy groups -OCH3 is 1. The van der Waals surface area contributed by atoms with Crippen molar-refractivity contribution in [2.45, 2.75) is 39.8 Å². The molecule has 1 aliphatic rings. The molecule has 31 heavy (non-hydrogen) atoms. The number of anilines is 1. The van der Waals surface area contributed by atoms with Gasteiger partial charge in [0.2, 0.25) is 5.91 Å². The number of alkyl halides is 2. The van der Waals surface area contributed by atoms with E-state index in [4.69, 9.17) is 9.84 Å². The summed E-state index contributed by atoms with van der Waals surface area (Å²) in [5.41, 5.74) is 3.57. The standard InChI is InChI=1S/C23H27F2N3O3/c1-4-17-11-12-28(14-16-5-8-19(9-6-16)26-15(2)29)27-22(17)18-7-10-20(31-23(24)25)21(13-18)30-3/h5-10,13,17,23H,4,11-12,14H2,1-3H3,(H,26,29). The normalized spacial score (nSPS) is 16.1. The summed E-state index contributed by atoms with van der Waals surface area (Å²) in [5, 5.41) is 9.63. The lowest BCUT2D eigenvalue weighted by Gasteiger charge is -2.31. The molecule has 1 aliphatic heterocycles. The molecule has 1 heterocycles. The van der Waals surface area contributed by atoms with Crippen LogP contribution in [0, 0.1) is 5.92 Å². The van der Waals surface area contributed by atoms with Crippen molar-refractivity contribution in [2.75, 3.05) is 19.0 Å². The molecule has 0 aliphatic carbocycles. The molecule has 0 bridgehead atoms. The number of amides is 1. The zero-order valence-corrected chi connectivity index (χ0v) is 17.9. The van der Waals surface area contributed by atoms with Crippen LogP contribution >= 0.6 is 0 Å². The quantitative estimate of drug-likeness (QED) is 0.646. The van der Waals surface area contributed by atoms with Crippen molar-refractivity contribution in [3.63, 3.8) is 0 Å². The summed E-state index contributed by atoms with van der Waals surface area (Å²) in [6, 6.07) is 12.6. The molecule has 0 saturated carbocycles. The van der Waals surface area contributed by atoms with E-state index in [1.807, 2.05) is 29.3 Å². The third kappa shape index (κ3) is 5.93. The van der Waals surface area contributed by atoms with E-state index in [9.17, 15) is 13.6 Å². The first kappa shape index (κ1) is 22.5. The maximum atomic E-state index is 12.6. The van der Waals surface area contributed by atoms with Crippen LogP contribution in [0.3, 0.4) is 0 Å². The number of carbonyl (C=O) groups is 1. The number of hydrogen-bond acceptors (Lipinski definition) is 5. The van der Waals surface area contributed by atoms with Crippen LogP contribution in [0.5, 0.6) is 11.5 Å². The second kappa shape index (κ2) is 10.2. The highest BCUT2D eigenvalue weighted by molar-refractivity contribution is 6.03. The fraction of sp³-hybridized carbons (Fsp3) is 0.391. The fourth-order valence-electron chi connectivity index (χ4n) is 3.66. The number of carbonyl (C=O) groups excluding carboxylic acids is 1. The van der Waals surface area contributed by atoms with Gasteiger partial charge >= 0.3 is 6.61 Å². The predicted octanol–water partition coefficient (Wildman–Crippen LogP) is 4.89. The second-order valence-electron chi connectivity index (χ2n) is 7.39. The SMILES string of the molecule is CCC1CCN(Cc2ccc(NC(C)=O)cc2)N=C1c1ccc(OC(F)F)c(OC)c1. The monoisotopic (exact) mass is 431 g/mol. The van der Waals surface area contributed by atoms with E-state index in [1.165, 1.54) is 20.1 Å². The zero-order valence-electron chi connectivity index (χ0n) is 17.9. The predicted molar refractivity (Wildman–Crippen MR) is 116 cm³/mol. The molecule has 166 valence electrons. The van der Waals surface area contributed by atoms with Crippen LogP contribution < -0.4 is 14.8 Å². The van der Waals surface area contributed by atoms with E-state index in [0.29, 0.717) is 6.54 Å². The molecule has 8 heteroatoms. The molecule has 1 amide bonds. The molecule has 0 spiro atoms. The highest BCUT2D eigenvalue weighted by Gasteiger charge is 2.24. The van der Waals surface area contributed by atoms with Gasteiger partial charge in [-0.1, -0.05) is 19.1 Å². The smallest absolute Gasteiger partial charge is 0.387 e. The minimum absolute atomic E-state index is 0.00169. The largest absolute Gasteiger partial charge is 0.493 e. The Kier molecular flexibility index (Phi) is 7.44. The Morgan fingerprint density at radius 2 is 1.97 bits per heavy atom. The molecule has 0 saturated heterocycles. The van der Waals surface area contributed by atoms with Gasteiger partial charge in [0.15, 0.2) is 11.5 Å². The third-order valence-corrected chi connectivity index (χ3v) is 5.18. The summed E-state index contributed by atoms with van der Waals surface area (Å²) in [4.78, 5) is 11.2. The van der Waals surface area contributed by atoms with E-state index in [2.05, 4.69) is 17.0 Å². The molecule has 0 aromatic heterocycles. The Bertz CT molecular complexity index is 932. The maximum Gasteiger partial charge on any atom is 0.387 e. The molecule has 2 aromatic carbocycles. The number of ether oxygens (including phenoxy) is 2. The Balaban J connectivity index is 1.82. The van der Waals surface area contributed by atoms with Crippen molar-refractivity contribution in [2.24, 2.45) is 11.0 Å². The second-order valence-corrected chi connectivity index (χ2v) is 7.39. The number of halogens is 2. The van der Waals surface area contributed by atoms with Crippen molar-refractivity contribution in [3.05, 3.63) is 53.6 Å². The van der Waals surface area contributed by atoms with Crippen molar-refractivity contribution in [1.29, 1.82) is 0 Å². The van der Waals surface area contributed by atoms with Crippen molar-refractivity contribution in [1.82, 2.24) is 5.01 Å². The van der Waals surface area contributed by atoms with Gasteiger partial charge in [0, 0.05) is 30.6 Å². The first-order chi connectivity index (χ1) is 14.9. The molecule has 6 nitrogen and oxygen atoms in total. The van der Waals surface area contributed by atoms with Crippen LogP contribution in [0.25, 0.3) is 0 Å². The van der Waals surface area contributed by atoms with E-state index in [1.54, 1.807) is 12.1 Å². The Hall–Kier alpha value is -3.16. The molecular formula is C23H27F2N3O3. The Morgan fingerprint density at radius 3 is 2.58 bits per heavy atom. The van der Waals surface area contributed by atoms with Gasteiger partial charge in [-0.25, -0.2) is 0 Å². The Labute approximate surface area is 180 Å². The fourth-order valence-corrected chi connectivity index (χ4v) is 3.66. The summed E-state index contributed by atoms with van der Waals surface area (Å²) < 4.78 is 35.0. The van der Waals surface area contributed by atoms with Crippen LogP contribution in [0.4, 0.5) is 14.5 Å². The lowest BCUT2D eigenvalue weighted by Crippen LogP contribution is -2.32. The van der Waals surface area contributed by atoms with Gasteiger partial charge in [0.25, 0.3) is 0 Å². The highest BCUT2D eigenvalue weighted by Crippen LogP contribution is 2.32. The van der Waals surface area contributed by atoms with Crippen molar-refractivity contribution >= 4 is 17.3 Å². The number of hydrogen-bond donors (Lipinski definition) is 1. The van der Waals surface area contributed by atoms with E-state index >= 15 is 0 Å². The summed E-state index contributed by atoms with van der Waals surface area (Å²) >= 11 is 0. The van der Waals surface area contributed by atoms with Gasteiger partial charge in [-0.05, 0) is 48.7 Å². The minimum atomic E-state index is -2.91. The number of rotatable bonds is 8. The first-order valence-electron chi connectivity index (χ1n) is 10.2. The molecule has 0 fully saturated rings. The lowest BCUT2D eigenvalue weighted by atomic mass is 9.90. The summed E-state index contributed by atoms with van der Waals surface area (Å²) in [6.07, 6.45) is 1.87. The number of hydrazone groups is 1. The molecule has 1 unspecified atom stereocenters. The van der Waals surface area contributed by atoms with Gasteiger partial charge in [0.05, 0.1) is 19.4 Å². The third-order valence-electron chi connectivity index (χ3n) is 5.18. The molecule has 1 N–H and O–H groups in total. The van der Waals surface area contributed by atoms with Crippen LogP contribution in [0.15, 0.2) is 47.6 Å². The van der Waals surface area contributed by atoms with Crippen molar-refractivity contribution in [3.8, 4) is 11.5 Å². The van der Waals surface area contributed by atoms with Crippen molar-refractivity contribution < 1.29 is 23.0 Å². The average molecular weight is 431 g/mol. The number of nitrogens with zero attached hydrogens (tertiary/aromatic N) is 2. The van der Waals surface area contributed by atoms with Gasteiger partial charge in [-0.2, -0.15) is 13.9 Å². The molecular weight excluding hydrogens is 404 g/mol. The van der Waals surface area contributed by atoms with Crippen LogP contribution in [-0.4, -0.2) is 36.9 Å². The van der Waals surface area contributed by atoms with E-state index in [0.717, 1.165) is 41.9 Å². The highest BCUT2D eigenvalue weighted by atomic mass is 19.3. The summed E-state index contributed by atoms with van der Waals surface area (Å²) in [6.45, 7) is 2.12. The summed E-state index contributed by atoms with van der Waals surface area (Å²) in [7, 11) is 1.42. The number of benzene rings is 2. The maximum absolute atomic E-state index is 12.6. The van der Waals surface area contributed by atoms with Crippen LogP contribution in [0.2, 0.25) is 0 Å². The first-order valence-corrected chi connectivity index (χ1v) is 10.2. The average Bonchev–Trinajstić information content (AvgIpc) is 2.74. The Morgan fingerprint density at radius 1 is 1.23 bits per heavy atom. The topological polar surface area (TPSA) is 63.2 Å². The van der Waals surface area contributed by atoms with Gasteiger partial charge in [0.1, 0.15) is 0 Å². The molecule has 0 radical (unpaired) electrons. The van der Waals surface area contributed by atoms with Crippen LogP contribution in [0.1, 0.15) is 37.8 Å². The van der Waals surface area contributed by atoms with Gasteiger partial charge in [-0.3, -0.25) is 9.80 Å². The molecule has 1 atom stereocenters. The molecule has 2 aromatic rings. The van der Waals surface area contributed by atoms with E-state index < -0.39 is 6.61 Å².